The lowest BCUT2D eigenvalue weighted by atomic mass is 10.2. The van der Waals surface area contributed by atoms with Crippen molar-refractivity contribution in [2.24, 2.45) is 0 Å². The second kappa shape index (κ2) is 6.40. The molecule has 1 atom stereocenters. The molecule has 2 aromatic rings. The molecule has 8 heteroatoms. The second-order valence-electron chi connectivity index (χ2n) is 5.23. The van der Waals surface area contributed by atoms with Gasteiger partial charge in [-0.25, -0.2) is 4.90 Å². The number of hydrogen-bond donors (Lipinski definition) is 1. The molecule has 0 aromatic heterocycles. The van der Waals surface area contributed by atoms with Crippen molar-refractivity contribution in [1.82, 2.24) is 0 Å². The minimum Gasteiger partial charge on any atom is -0.373 e. The molecule has 1 heterocycles. The zero-order valence-corrected chi connectivity index (χ0v) is 13.9. The highest BCUT2D eigenvalue weighted by molar-refractivity contribution is 9.10. The van der Waals surface area contributed by atoms with Crippen LogP contribution in [0.2, 0.25) is 0 Å². The van der Waals surface area contributed by atoms with Crippen molar-refractivity contribution in [3.05, 3.63) is 63.1 Å². The number of hydrogen-bond acceptors (Lipinski definition) is 5. The number of amides is 2. The lowest BCUT2D eigenvalue weighted by Crippen LogP contribution is -2.35. The Hall–Kier alpha value is -2.74. The summed E-state index contributed by atoms with van der Waals surface area (Å²) in [6, 6.07) is 12.0. The number of rotatable bonds is 4. The second-order valence-corrected chi connectivity index (χ2v) is 6.08. The van der Waals surface area contributed by atoms with Crippen LogP contribution < -0.4 is 10.2 Å². The molecule has 2 aromatic carbocycles. The SMILES string of the molecule is O=C1C[C@H](Nc2cccc([N+](=O)[O-])c2)C(=O)N1c1ccccc1Br. The fourth-order valence-electron chi connectivity index (χ4n) is 2.54. The van der Waals surface area contributed by atoms with Crippen LogP contribution in [0.1, 0.15) is 6.42 Å². The molecule has 2 amide bonds. The molecule has 0 spiro atoms. The Kier molecular flexibility index (Phi) is 4.30. The van der Waals surface area contributed by atoms with E-state index in [0.717, 1.165) is 4.90 Å². The predicted molar refractivity (Wildman–Crippen MR) is 91.8 cm³/mol. The highest BCUT2D eigenvalue weighted by atomic mass is 79.9. The third-order valence-electron chi connectivity index (χ3n) is 3.64. The molecule has 0 saturated carbocycles. The van der Waals surface area contributed by atoms with Crippen LogP contribution in [0.25, 0.3) is 0 Å². The summed E-state index contributed by atoms with van der Waals surface area (Å²) in [7, 11) is 0. The molecular weight excluding hydrogens is 378 g/mol. The normalized spacial score (nSPS) is 17.2. The Morgan fingerprint density at radius 3 is 2.62 bits per heavy atom. The van der Waals surface area contributed by atoms with E-state index in [2.05, 4.69) is 21.2 Å². The third kappa shape index (κ3) is 3.00. The van der Waals surface area contributed by atoms with E-state index in [0.29, 0.717) is 15.8 Å². The number of carbonyl (C=O) groups excluding carboxylic acids is 2. The third-order valence-corrected chi connectivity index (χ3v) is 4.31. The standard InChI is InChI=1S/C16H12BrN3O4/c17-12-6-1-2-7-14(12)19-15(21)9-13(16(19)22)18-10-4-3-5-11(8-10)20(23)24/h1-8,13,18H,9H2/t13-/m0/s1. The van der Waals surface area contributed by atoms with Crippen molar-refractivity contribution in [1.29, 1.82) is 0 Å². The van der Waals surface area contributed by atoms with E-state index < -0.39 is 16.9 Å². The van der Waals surface area contributed by atoms with E-state index in [9.17, 15) is 19.7 Å². The van der Waals surface area contributed by atoms with Crippen LogP contribution >= 0.6 is 15.9 Å². The van der Waals surface area contributed by atoms with Gasteiger partial charge >= 0.3 is 0 Å². The average molecular weight is 390 g/mol. The molecule has 24 heavy (non-hydrogen) atoms. The Balaban J connectivity index is 1.83. The number of halogens is 1. The van der Waals surface area contributed by atoms with Crippen molar-refractivity contribution >= 4 is 44.8 Å². The topological polar surface area (TPSA) is 92.5 Å². The predicted octanol–water partition coefficient (Wildman–Crippen LogP) is 3.10. The van der Waals surface area contributed by atoms with Gasteiger partial charge in [0.05, 0.1) is 17.0 Å². The van der Waals surface area contributed by atoms with Crippen LogP contribution in [-0.2, 0) is 9.59 Å². The van der Waals surface area contributed by atoms with Crippen molar-refractivity contribution < 1.29 is 14.5 Å². The van der Waals surface area contributed by atoms with Crippen LogP contribution in [0, 0.1) is 10.1 Å². The van der Waals surface area contributed by atoms with Gasteiger partial charge in [-0.15, -0.1) is 0 Å². The van der Waals surface area contributed by atoms with Crippen molar-refractivity contribution in [2.75, 3.05) is 10.2 Å². The van der Waals surface area contributed by atoms with Crippen LogP contribution in [-0.4, -0.2) is 22.8 Å². The number of nitrogens with one attached hydrogen (secondary N) is 1. The monoisotopic (exact) mass is 389 g/mol. The van der Waals surface area contributed by atoms with Gasteiger partial charge < -0.3 is 5.32 Å². The molecule has 0 radical (unpaired) electrons. The van der Waals surface area contributed by atoms with E-state index >= 15 is 0 Å². The highest BCUT2D eigenvalue weighted by Gasteiger charge is 2.40. The summed E-state index contributed by atoms with van der Waals surface area (Å²) in [5.41, 5.74) is 0.819. The first-order valence-corrected chi connectivity index (χ1v) is 7.89. The van der Waals surface area contributed by atoms with Gasteiger partial charge in [-0.2, -0.15) is 0 Å². The molecule has 1 N–H and O–H groups in total. The largest absolute Gasteiger partial charge is 0.373 e. The van der Waals surface area contributed by atoms with Crippen LogP contribution in [0.15, 0.2) is 53.0 Å². The van der Waals surface area contributed by atoms with Gasteiger partial charge in [0, 0.05) is 22.3 Å². The number of nitro groups is 1. The lowest BCUT2D eigenvalue weighted by molar-refractivity contribution is -0.384. The minimum absolute atomic E-state index is 0.0111. The first-order chi connectivity index (χ1) is 11.5. The highest BCUT2D eigenvalue weighted by Crippen LogP contribution is 2.31. The number of nitro benzene ring substituents is 1. The molecule has 3 rings (SSSR count). The Labute approximate surface area is 145 Å². The van der Waals surface area contributed by atoms with Gasteiger partial charge in [-0.3, -0.25) is 19.7 Å². The number of benzene rings is 2. The lowest BCUT2D eigenvalue weighted by Gasteiger charge is -2.17. The van der Waals surface area contributed by atoms with Crippen molar-refractivity contribution in [3.63, 3.8) is 0 Å². The zero-order chi connectivity index (χ0) is 17.3. The smallest absolute Gasteiger partial charge is 0.271 e. The van der Waals surface area contributed by atoms with Gasteiger partial charge in [0.1, 0.15) is 6.04 Å². The number of para-hydroxylation sites is 1. The molecule has 0 bridgehead atoms. The van der Waals surface area contributed by atoms with E-state index in [4.69, 9.17) is 0 Å². The minimum atomic E-state index is -0.758. The van der Waals surface area contributed by atoms with E-state index in [1.54, 1.807) is 30.3 Å². The van der Waals surface area contributed by atoms with E-state index in [-0.39, 0.29) is 18.0 Å². The number of nitrogens with zero attached hydrogens (tertiary/aromatic N) is 2. The van der Waals surface area contributed by atoms with E-state index in [1.165, 1.54) is 18.2 Å². The summed E-state index contributed by atoms with van der Waals surface area (Å²) in [5.74, 6) is -0.715. The maximum Gasteiger partial charge on any atom is 0.271 e. The summed E-state index contributed by atoms with van der Waals surface area (Å²) < 4.78 is 0.641. The van der Waals surface area contributed by atoms with Gasteiger partial charge in [0.2, 0.25) is 5.91 Å². The van der Waals surface area contributed by atoms with Crippen LogP contribution in [0.3, 0.4) is 0 Å². The maximum absolute atomic E-state index is 12.6. The zero-order valence-electron chi connectivity index (χ0n) is 12.3. The Morgan fingerprint density at radius 1 is 1.17 bits per heavy atom. The fourth-order valence-corrected chi connectivity index (χ4v) is 3.00. The van der Waals surface area contributed by atoms with Crippen LogP contribution in [0.4, 0.5) is 17.1 Å². The summed E-state index contributed by atoms with van der Waals surface area (Å²) >= 11 is 3.33. The van der Waals surface area contributed by atoms with Gasteiger partial charge in [-0.05, 0) is 34.1 Å². The first kappa shape index (κ1) is 16.1. The first-order valence-electron chi connectivity index (χ1n) is 7.09. The Bertz CT molecular complexity index is 840. The van der Waals surface area contributed by atoms with Crippen LogP contribution in [0.5, 0.6) is 0 Å². The Morgan fingerprint density at radius 2 is 1.92 bits per heavy atom. The summed E-state index contributed by atoms with van der Waals surface area (Å²) in [6.45, 7) is 0. The summed E-state index contributed by atoms with van der Waals surface area (Å²) in [5, 5.41) is 13.7. The van der Waals surface area contributed by atoms with Gasteiger partial charge in [-0.1, -0.05) is 18.2 Å². The summed E-state index contributed by atoms with van der Waals surface area (Å²) in [4.78, 5) is 36.3. The molecule has 1 fully saturated rings. The van der Waals surface area contributed by atoms with Crippen molar-refractivity contribution in [3.8, 4) is 0 Å². The number of anilines is 2. The van der Waals surface area contributed by atoms with Crippen molar-refractivity contribution in [2.45, 2.75) is 12.5 Å². The number of imide groups is 1. The molecule has 7 nitrogen and oxygen atoms in total. The van der Waals surface area contributed by atoms with Gasteiger partial charge in [0.15, 0.2) is 0 Å². The number of carbonyl (C=O) groups is 2. The molecular formula is C16H12BrN3O4. The quantitative estimate of drug-likeness (QED) is 0.492. The van der Waals surface area contributed by atoms with Gasteiger partial charge in [0.25, 0.3) is 11.6 Å². The molecule has 1 aliphatic heterocycles. The molecule has 1 saturated heterocycles. The summed E-state index contributed by atoms with van der Waals surface area (Å²) in [6.07, 6.45) is -0.0111. The number of non-ortho nitro benzene ring substituents is 1. The maximum atomic E-state index is 12.6. The molecule has 0 unspecified atom stereocenters. The fraction of sp³-hybridized carbons (Fsp3) is 0.125. The average Bonchev–Trinajstić information content (AvgIpc) is 2.82. The van der Waals surface area contributed by atoms with E-state index in [1.807, 2.05) is 0 Å². The molecule has 0 aliphatic carbocycles. The molecule has 122 valence electrons. The molecule has 1 aliphatic rings.